The van der Waals surface area contributed by atoms with Gasteiger partial charge in [-0.05, 0) is 64.8 Å². The van der Waals surface area contributed by atoms with Crippen LogP contribution >= 0.6 is 15.9 Å². The Hall–Kier alpha value is -2.64. The minimum Gasteiger partial charge on any atom is -0.459 e. The Morgan fingerprint density at radius 2 is 1.75 bits per heavy atom. The SMILES string of the molecule is CC(=O)c1c(C)oc2c(Br)cc(NS(=O)(=O)c3ccc4ccccc4c3)cc12. The van der Waals surface area contributed by atoms with E-state index in [-0.39, 0.29) is 10.7 Å². The monoisotopic (exact) mass is 457 g/mol. The van der Waals surface area contributed by atoms with Gasteiger partial charge in [0.25, 0.3) is 10.0 Å². The number of Topliss-reactive ketones (excluding diaryl/α,β-unsaturated/α-hetero) is 1. The van der Waals surface area contributed by atoms with Crippen LogP contribution in [0.25, 0.3) is 21.7 Å². The molecule has 0 aliphatic heterocycles. The Bertz CT molecular complexity index is 1360. The minimum atomic E-state index is -3.80. The number of fused-ring (bicyclic) bond motifs is 2. The highest BCUT2D eigenvalue weighted by Crippen LogP contribution is 2.35. The van der Waals surface area contributed by atoms with Crippen molar-refractivity contribution in [1.29, 1.82) is 0 Å². The van der Waals surface area contributed by atoms with Gasteiger partial charge >= 0.3 is 0 Å². The quantitative estimate of drug-likeness (QED) is 0.401. The second kappa shape index (κ2) is 6.76. The molecule has 3 aromatic carbocycles. The van der Waals surface area contributed by atoms with Crippen molar-refractivity contribution in [2.24, 2.45) is 0 Å². The van der Waals surface area contributed by atoms with E-state index >= 15 is 0 Å². The molecule has 7 heteroatoms. The molecular weight excluding hydrogens is 442 g/mol. The molecule has 0 atom stereocenters. The van der Waals surface area contributed by atoms with Gasteiger partial charge in [-0.1, -0.05) is 30.3 Å². The minimum absolute atomic E-state index is 0.141. The Morgan fingerprint density at radius 3 is 2.46 bits per heavy atom. The molecule has 1 N–H and O–H groups in total. The van der Waals surface area contributed by atoms with E-state index in [1.165, 1.54) is 6.92 Å². The average Bonchev–Trinajstić information content (AvgIpc) is 2.97. The number of hydrogen-bond donors (Lipinski definition) is 1. The van der Waals surface area contributed by atoms with E-state index in [0.717, 1.165) is 10.8 Å². The van der Waals surface area contributed by atoms with Crippen LogP contribution in [0.3, 0.4) is 0 Å². The number of nitrogens with one attached hydrogen (secondary N) is 1. The van der Waals surface area contributed by atoms with Crippen molar-refractivity contribution in [1.82, 2.24) is 0 Å². The van der Waals surface area contributed by atoms with Crippen LogP contribution < -0.4 is 4.72 Å². The molecule has 0 saturated heterocycles. The zero-order valence-electron chi connectivity index (χ0n) is 15.1. The lowest BCUT2D eigenvalue weighted by molar-refractivity contribution is 0.101. The van der Waals surface area contributed by atoms with E-state index in [4.69, 9.17) is 4.42 Å². The van der Waals surface area contributed by atoms with Gasteiger partial charge in [0.05, 0.1) is 20.6 Å². The Labute approximate surface area is 170 Å². The van der Waals surface area contributed by atoms with E-state index in [1.807, 2.05) is 24.3 Å². The van der Waals surface area contributed by atoms with E-state index in [0.29, 0.717) is 32.5 Å². The number of furan rings is 1. The van der Waals surface area contributed by atoms with Crippen LogP contribution in [0.2, 0.25) is 0 Å². The number of ketones is 1. The van der Waals surface area contributed by atoms with Crippen molar-refractivity contribution >= 4 is 59.2 Å². The van der Waals surface area contributed by atoms with Gasteiger partial charge in [0.15, 0.2) is 5.78 Å². The van der Waals surface area contributed by atoms with Crippen LogP contribution in [0.4, 0.5) is 5.69 Å². The average molecular weight is 458 g/mol. The fraction of sp³-hybridized carbons (Fsp3) is 0.0952. The molecule has 0 amide bonds. The smallest absolute Gasteiger partial charge is 0.261 e. The lowest BCUT2D eigenvalue weighted by atomic mass is 10.1. The number of benzene rings is 3. The van der Waals surface area contributed by atoms with Gasteiger partial charge in [-0.15, -0.1) is 0 Å². The summed E-state index contributed by atoms with van der Waals surface area (Å²) < 4.78 is 34.6. The molecule has 1 heterocycles. The third-order valence-electron chi connectivity index (χ3n) is 4.56. The van der Waals surface area contributed by atoms with Gasteiger partial charge in [-0.2, -0.15) is 0 Å². The third kappa shape index (κ3) is 3.21. The van der Waals surface area contributed by atoms with Crippen molar-refractivity contribution in [3.63, 3.8) is 0 Å². The lowest BCUT2D eigenvalue weighted by Gasteiger charge is -2.10. The largest absolute Gasteiger partial charge is 0.459 e. The van der Waals surface area contributed by atoms with Crippen LogP contribution in [0.1, 0.15) is 23.0 Å². The maximum atomic E-state index is 12.9. The van der Waals surface area contributed by atoms with Crippen LogP contribution in [-0.2, 0) is 10.0 Å². The molecule has 0 aliphatic rings. The molecule has 0 aliphatic carbocycles. The Kier molecular flexibility index (Phi) is 4.51. The fourth-order valence-corrected chi connectivity index (χ4v) is 4.94. The molecule has 0 saturated carbocycles. The molecular formula is C21H16BrNO4S. The molecule has 0 fully saturated rings. The maximum Gasteiger partial charge on any atom is 0.261 e. The molecule has 4 rings (SSSR count). The predicted octanol–water partition coefficient (Wildman–Crippen LogP) is 5.66. The van der Waals surface area contributed by atoms with Crippen LogP contribution in [0.15, 0.2) is 68.4 Å². The predicted molar refractivity (Wildman–Crippen MR) is 113 cm³/mol. The number of carbonyl (C=O) groups excluding carboxylic acids is 1. The van der Waals surface area contributed by atoms with Crippen molar-refractivity contribution < 1.29 is 17.6 Å². The van der Waals surface area contributed by atoms with Crippen molar-refractivity contribution in [3.8, 4) is 0 Å². The standard InChI is InChI=1S/C21H16BrNO4S/c1-12(24)20-13(2)27-21-18(20)10-16(11-19(21)22)23-28(25,26)17-8-7-14-5-3-4-6-15(14)9-17/h3-11,23H,1-2H3. The van der Waals surface area contributed by atoms with Gasteiger partial charge in [-0.3, -0.25) is 9.52 Å². The first-order chi connectivity index (χ1) is 13.3. The van der Waals surface area contributed by atoms with Crippen LogP contribution in [0, 0.1) is 6.92 Å². The van der Waals surface area contributed by atoms with Gasteiger partial charge in [0.2, 0.25) is 0 Å². The molecule has 0 bridgehead atoms. The van der Waals surface area contributed by atoms with Crippen molar-refractivity contribution in [2.75, 3.05) is 4.72 Å². The molecule has 0 radical (unpaired) electrons. The first kappa shape index (κ1) is 18.7. The maximum absolute atomic E-state index is 12.9. The van der Waals surface area contributed by atoms with E-state index in [2.05, 4.69) is 20.7 Å². The summed E-state index contributed by atoms with van der Waals surface area (Å²) in [5.41, 5.74) is 1.30. The number of aryl methyl sites for hydroxylation is 1. The molecule has 28 heavy (non-hydrogen) atoms. The molecule has 0 spiro atoms. The second-order valence-electron chi connectivity index (χ2n) is 6.54. The highest BCUT2D eigenvalue weighted by atomic mass is 79.9. The molecule has 4 aromatic rings. The summed E-state index contributed by atoms with van der Waals surface area (Å²) in [6.07, 6.45) is 0. The molecule has 0 unspecified atom stereocenters. The summed E-state index contributed by atoms with van der Waals surface area (Å²) in [6, 6.07) is 15.8. The van der Waals surface area contributed by atoms with E-state index in [1.54, 1.807) is 37.3 Å². The zero-order chi connectivity index (χ0) is 20.1. The van der Waals surface area contributed by atoms with E-state index < -0.39 is 10.0 Å². The molecule has 142 valence electrons. The summed E-state index contributed by atoms with van der Waals surface area (Å²) in [5, 5.41) is 2.37. The first-order valence-electron chi connectivity index (χ1n) is 8.51. The first-order valence-corrected chi connectivity index (χ1v) is 10.8. The Morgan fingerprint density at radius 1 is 1.04 bits per heavy atom. The second-order valence-corrected chi connectivity index (χ2v) is 9.08. The van der Waals surface area contributed by atoms with Crippen LogP contribution in [0.5, 0.6) is 0 Å². The molecule has 5 nitrogen and oxygen atoms in total. The Balaban J connectivity index is 1.79. The van der Waals surface area contributed by atoms with Crippen LogP contribution in [-0.4, -0.2) is 14.2 Å². The fourth-order valence-electron chi connectivity index (χ4n) is 3.32. The third-order valence-corrected chi connectivity index (χ3v) is 6.52. The summed E-state index contributed by atoms with van der Waals surface area (Å²) in [7, 11) is -3.80. The van der Waals surface area contributed by atoms with Gasteiger partial charge in [-0.25, -0.2) is 8.42 Å². The number of carbonyl (C=O) groups is 1. The van der Waals surface area contributed by atoms with Gasteiger partial charge in [0, 0.05) is 5.39 Å². The van der Waals surface area contributed by atoms with Crippen molar-refractivity contribution in [3.05, 3.63) is 70.4 Å². The highest BCUT2D eigenvalue weighted by molar-refractivity contribution is 9.10. The number of halogens is 1. The summed E-state index contributed by atoms with van der Waals surface area (Å²) in [4.78, 5) is 12.1. The number of rotatable bonds is 4. The molecule has 1 aromatic heterocycles. The normalized spacial score (nSPS) is 11.8. The zero-order valence-corrected chi connectivity index (χ0v) is 17.5. The van der Waals surface area contributed by atoms with Gasteiger partial charge in [0.1, 0.15) is 11.3 Å². The lowest BCUT2D eigenvalue weighted by Crippen LogP contribution is -2.13. The number of sulfonamides is 1. The van der Waals surface area contributed by atoms with E-state index in [9.17, 15) is 13.2 Å². The van der Waals surface area contributed by atoms with Crippen molar-refractivity contribution in [2.45, 2.75) is 18.7 Å². The number of hydrogen-bond acceptors (Lipinski definition) is 4. The number of anilines is 1. The highest BCUT2D eigenvalue weighted by Gasteiger charge is 2.20. The van der Waals surface area contributed by atoms with Gasteiger partial charge < -0.3 is 4.42 Å². The summed E-state index contributed by atoms with van der Waals surface area (Å²) >= 11 is 3.40. The topological polar surface area (TPSA) is 76.4 Å². The summed E-state index contributed by atoms with van der Waals surface area (Å²) in [6.45, 7) is 3.17. The summed E-state index contributed by atoms with van der Waals surface area (Å²) in [5.74, 6) is 0.357.